The van der Waals surface area contributed by atoms with Crippen LogP contribution in [0.5, 0.6) is 0 Å². The Balaban J connectivity index is 1.29. The fourth-order valence-corrected chi connectivity index (χ4v) is 5.87. The van der Waals surface area contributed by atoms with E-state index in [1.165, 1.54) is 9.87 Å². The molecular weight excluding hydrogens is 438 g/mol. The van der Waals surface area contributed by atoms with Crippen LogP contribution >= 0.6 is 0 Å². The number of piperidine rings is 1. The molecule has 0 bridgehead atoms. The molecule has 2 saturated heterocycles. The Morgan fingerprint density at radius 1 is 1.00 bits per heavy atom. The van der Waals surface area contributed by atoms with Crippen LogP contribution in [-0.4, -0.2) is 62.9 Å². The standard InChI is InChI=1S/C25H33N3O4S/c1-20-4-10-24(11-5-20)33(30,31)28-12-2-3-23(19-28)25(29)26-17-21-6-8-22(9-7-21)18-27-13-15-32-16-14-27/h4-11,23H,2-3,12-19H2,1H3,(H,26,29)/t23-/m0/s1. The molecule has 0 radical (unpaired) electrons. The predicted molar refractivity (Wildman–Crippen MR) is 127 cm³/mol. The van der Waals surface area contributed by atoms with E-state index in [0.717, 1.165) is 44.0 Å². The van der Waals surface area contributed by atoms with Gasteiger partial charge in [-0.3, -0.25) is 9.69 Å². The molecule has 0 aromatic heterocycles. The average Bonchev–Trinajstić information content (AvgIpc) is 2.84. The lowest BCUT2D eigenvalue weighted by molar-refractivity contribution is -0.126. The molecule has 1 amide bonds. The van der Waals surface area contributed by atoms with E-state index < -0.39 is 10.0 Å². The topological polar surface area (TPSA) is 79.0 Å². The second-order valence-corrected chi connectivity index (χ2v) is 10.9. The number of rotatable bonds is 7. The Bertz CT molecular complexity index is 1030. The first-order chi connectivity index (χ1) is 15.9. The number of aryl methyl sites for hydroxylation is 1. The van der Waals surface area contributed by atoms with Crippen molar-refractivity contribution in [3.8, 4) is 0 Å². The lowest BCUT2D eigenvalue weighted by atomic mass is 9.98. The van der Waals surface area contributed by atoms with Crippen molar-refractivity contribution in [3.63, 3.8) is 0 Å². The molecule has 1 atom stereocenters. The highest BCUT2D eigenvalue weighted by molar-refractivity contribution is 7.89. The van der Waals surface area contributed by atoms with Crippen molar-refractivity contribution >= 4 is 15.9 Å². The van der Waals surface area contributed by atoms with E-state index in [1.807, 2.05) is 19.1 Å². The Morgan fingerprint density at radius 3 is 2.36 bits per heavy atom. The van der Waals surface area contributed by atoms with Crippen molar-refractivity contribution in [2.45, 2.75) is 37.8 Å². The number of hydrogen-bond acceptors (Lipinski definition) is 5. The fourth-order valence-electron chi connectivity index (χ4n) is 4.35. The van der Waals surface area contributed by atoms with Gasteiger partial charge in [-0.1, -0.05) is 42.0 Å². The first-order valence-electron chi connectivity index (χ1n) is 11.6. The van der Waals surface area contributed by atoms with Gasteiger partial charge < -0.3 is 10.1 Å². The molecule has 8 heteroatoms. The molecule has 178 valence electrons. The van der Waals surface area contributed by atoms with Crippen molar-refractivity contribution in [2.75, 3.05) is 39.4 Å². The molecule has 1 N–H and O–H groups in total. The van der Waals surface area contributed by atoms with Gasteiger partial charge in [-0.25, -0.2) is 8.42 Å². The van der Waals surface area contributed by atoms with Gasteiger partial charge in [0.25, 0.3) is 0 Å². The van der Waals surface area contributed by atoms with Crippen LogP contribution in [0.3, 0.4) is 0 Å². The van der Waals surface area contributed by atoms with E-state index >= 15 is 0 Å². The van der Waals surface area contributed by atoms with Crippen LogP contribution < -0.4 is 5.32 Å². The van der Waals surface area contributed by atoms with E-state index in [2.05, 4.69) is 22.3 Å². The summed E-state index contributed by atoms with van der Waals surface area (Å²) in [5.74, 6) is -0.421. The first-order valence-corrected chi connectivity index (χ1v) is 13.1. The molecule has 2 aromatic rings. The number of carbonyl (C=O) groups excluding carboxylic acids is 1. The molecule has 2 heterocycles. The van der Waals surface area contributed by atoms with Crippen molar-refractivity contribution in [1.82, 2.24) is 14.5 Å². The maximum atomic E-state index is 13.0. The van der Waals surface area contributed by atoms with E-state index in [0.29, 0.717) is 25.9 Å². The fraction of sp³-hybridized carbons (Fsp3) is 0.480. The number of amides is 1. The summed E-state index contributed by atoms with van der Waals surface area (Å²) in [5.41, 5.74) is 3.30. The Kier molecular flexibility index (Phi) is 7.80. The minimum absolute atomic E-state index is 0.0869. The van der Waals surface area contributed by atoms with Crippen LogP contribution in [0, 0.1) is 12.8 Å². The lowest BCUT2D eigenvalue weighted by Gasteiger charge is -2.31. The van der Waals surface area contributed by atoms with Crippen LogP contribution in [0.4, 0.5) is 0 Å². The second kappa shape index (κ2) is 10.8. The van der Waals surface area contributed by atoms with Crippen molar-refractivity contribution in [2.24, 2.45) is 5.92 Å². The first kappa shape index (κ1) is 23.9. The van der Waals surface area contributed by atoms with Crippen molar-refractivity contribution in [3.05, 3.63) is 65.2 Å². The van der Waals surface area contributed by atoms with Gasteiger partial charge in [0.05, 0.1) is 24.0 Å². The number of morpholine rings is 1. The Morgan fingerprint density at radius 2 is 1.67 bits per heavy atom. The quantitative estimate of drug-likeness (QED) is 0.672. The number of ether oxygens (including phenoxy) is 1. The molecule has 0 spiro atoms. The minimum atomic E-state index is -3.59. The third-order valence-corrected chi connectivity index (χ3v) is 8.29. The molecule has 7 nitrogen and oxygen atoms in total. The highest BCUT2D eigenvalue weighted by Crippen LogP contribution is 2.24. The number of benzene rings is 2. The summed E-state index contributed by atoms with van der Waals surface area (Å²) in [5, 5.41) is 3.00. The smallest absolute Gasteiger partial charge is 0.243 e. The van der Waals surface area contributed by atoms with E-state index in [9.17, 15) is 13.2 Å². The number of nitrogens with one attached hydrogen (secondary N) is 1. The number of sulfonamides is 1. The molecular formula is C25H33N3O4S. The summed E-state index contributed by atoms with van der Waals surface area (Å²) in [7, 11) is -3.59. The number of nitrogens with zero attached hydrogens (tertiary/aromatic N) is 2. The summed E-state index contributed by atoms with van der Waals surface area (Å²) in [6, 6.07) is 15.2. The highest BCUT2D eigenvalue weighted by atomic mass is 32.2. The summed E-state index contributed by atoms with van der Waals surface area (Å²) in [6.45, 7) is 7.43. The molecule has 0 saturated carbocycles. The maximum absolute atomic E-state index is 13.0. The number of carbonyl (C=O) groups is 1. The van der Waals surface area contributed by atoms with E-state index in [4.69, 9.17) is 4.74 Å². The van der Waals surface area contributed by atoms with Crippen molar-refractivity contribution < 1.29 is 17.9 Å². The van der Waals surface area contributed by atoms with Gasteiger partial charge in [-0.15, -0.1) is 0 Å². The van der Waals surface area contributed by atoms with Gasteiger partial charge in [0.1, 0.15) is 0 Å². The zero-order chi connectivity index (χ0) is 23.3. The summed E-state index contributed by atoms with van der Waals surface area (Å²) in [4.78, 5) is 15.5. The van der Waals surface area contributed by atoms with Crippen LogP contribution in [-0.2, 0) is 32.6 Å². The van der Waals surface area contributed by atoms with Gasteiger partial charge in [-0.2, -0.15) is 4.31 Å². The van der Waals surface area contributed by atoms with Crippen LogP contribution in [0.25, 0.3) is 0 Å². The van der Waals surface area contributed by atoms with E-state index in [1.54, 1.807) is 24.3 Å². The molecule has 2 aliphatic rings. The van der Waals surface area contributed by atoms with Crippen LogP contribution in [0.15, 0.2) is 53.4 Å². The molecule has 2 fully saturated rings. The normalized spacial score (nSPS) is 20.5. The third kappa shape index (κ3) is 6.20. The predicted octanol–water partition coefficient (Wildman–Crippen LogP) is 2.54. The van der Waals surface area contributed by atoms with Gasteiger partial charge in [0.15, 0.2) is 0 Å². The average molecular weight is 472 g/mol. The largest absolute Gasteiger partial charge is 0.379 e. The zero-order valence-corrected chi connectivity index (χ0v) is 20.0. The SMILES string of the molecule is Cc1ccc(S(=O)(=O)N2CCC[C@H](C(=O)NCc3ccc(CN4CCOCC4)cc3)C2)cc1. The Hall–Kier alpha value is -2.26. The molecule has 0 aliphatic carbocycles. The zero-order valence-electron chi connectivity index (χ0n) is 19.2. The minimum Gasteiger partial charge on any atom is -0.379 e. The second-order valence-electron chi connectivity index (χ2n) is 8.94. The highest BCUT2D eigenvalue weighted by Gasteiger charge is 2.33. The van der Waals surface area contributed by atoms with Crippen molar-refractivity contribution in [1.29, 1.82) is 0 Å². The van der Waals surface area contributed by atoms with Crippen LogP contribution in [0.2, 0.25) is 0 Å². The molecule has 4 rings (SSSR count). The van der Waals surface area contributed by atoms with Crippen LogP contribution in [0.1, 0.15) is 29.5 Å². The monoisotopic (exact) mass is 471 g/mol. The number of hydrogen-bond donors (Lipinski definition) is 1. The summed E-state index contributed by atoms with van der Waals surface area (Å²) < 4.78 is 32.9. The van der Waals surface area contributed by atoms with Gasteiger partial charge in [0, 0.05) is 39.3 Å². The third-order valence-electron chi connectivity index (χ3n) is 6.41. The summed E-state index contributed by atoms with van der Waals surface area (Å²) in [6.07, 6.45) is 1.38. The molecule has 2 aliphatic heterocycles. The molecule has 33 heavy (non-hydrogen) atoms. The maximum Gasteiger partial charge on any atom is 0.243 e. The van der Waals surface area contributed by atoms with Gasteiger partial charge in [-0.05, 0) is 43.0 Å². The molecule has 0 unspecified atom stereocenters. The Labute approximate surface area is 196 Å². The van der Waals surface area contributed by atoms with Gasteiger partial charge >= 0.3 is 0 Å². The van der Waals surface area contributed by atoms with E-state index in [-0.39, 0.29) is 23.3 Å². The molecule has 2 aromatic carbocycles. The summed E-state index contributed by atoms with van der Waals surface area (Å²) >= 11 is 0. The lowest BCUT2D eigenvalue weighted by Crippen LogP contribution is -2.45. The van der Waals surface area contributed by atoms with Gasteiger partial charge in [0.2, 0.25) is 15.9 Å².